The predicted octanol–water partition coefficient (Wildman–Crippen LogP) is 2.54. The second kappa shape index (κ2) is 5.47. The van der Waals surface area contributed by atoms with Gasteiger partial charge in [0, 0.05) is 39.3 Å². The predicted molar refractivity (Wildman–Crippen MR) is 79.9 cm³/mol. The molecule has 3 nitrogen and oxygen atoms in total. The lowest BCUT2D eigenvalue weighted by Crippen LogP contribution is -2.64. The fourth-order valence-corrected chi connectivity index (χ4v) is 3.61. The van der Waals surface area contributed by atoms with Crippen LogP contribution in [0.5, 0.6) is 0 Å². The Morgan fingerprint density at radius 2 is 2.15 bits per heavy atom. The van der Waals surface area contributed by atoms with Crippen LogP contribution in [0.4, 0.5) is 0 Å². The highest BCUT2D eigenvalue weighted by molar-refractivity contribution is 5.30. The van der Waals surface area contributed by atoms with E-state index in [0.29, 0.717) is 5.92 Å². The van der Waals surface area contributed by atoms with Crippen LogP contribution in [-0.4, -0.2) is 43.9 Å². The van der Waals surface area contributed by atoms with Gasteiger partial charge in [0.15, 0.2) is 0 Å². The Hall–Kier alpha value is -0.900. The molecule has 0 N–H and O–H groups in total. The second-order valence-corrected chi connectivity index (χ2v) is 6.43. The van der Waals surface area contributed by atoms with Crippen LogP contribution in [-0.2, 0) is 16.0 Å². The van der Waals surface area contributed by atoms with Gasteiger partial charge in [0.25, 0.3) is 0 Å². The van der Waals surface area contributed by atoms with Crippen LogP contribution in [0, 0.1) is 19.8 Å². The van der Waals surface area contributed by atoms with E-state index in [0.717, 1.165) is 39.3 Å². The zero-order chi connectivity index (χ0) is 14.2. The molecule has 1 aromatic carbocycles. The van der Waals surface area contributed by atoms with E-state index in [1.807, 2.05) is 0 Å². The zero-order valence-corrected chi connectivity index (χ0v) is 12.8. The Balaban J connectivity index is 1.61. The number of benzene rings is 1. The quantitative estimate of drug-likeness (QED) is 0.843. The lowest BCUT2D eigenvalue weighted by molar-refractivity contribution is -0.143. The van der Waals surface area contributed by atoms with Gasteiger partial charge in [-0.15, -0.1) is 0 Å². The normalized spacial score (nSPS) is 25.1. The summed E-state index contributed by atoms with van der Waals surface area (Å²) in [6.07, 6.45) is 1.14. The molecule has 0 aromatic heterocycles. The average molecular weight is 275 g/mol. The van der Waals surface area contributed by atoms with Crippen LogP contribution in [0.1, 0.15) is 23.1 Å². The van der Waals surface area contributed by atoms with Crippen molar-refractivity contribution in [3.05, 3.63) is 34.9 Å². The molecule has 0 aliphatic carbocycles. The van der Waals surface area contributed by atoms with Gasteiger partial charge in [0.2, 0.25) is 0 Å². The standard InChI is InChI=1S/C17H25NO2/c1-13-4-5-14(2)15(8-13)9-18-11-17(12-18)16(10-19-3)6-7-20-17/h4-5,8,16H,6-7,9-12H2,1-3H3/t16-/m1/s1. The summed E-state index contributed by atoms with van der Waals surface area (Å²) >= 11 is 0. The van der Waals surface area contributed by atoms with E-state index >= 15 is 0 Å². The Bertz CT molecular complexity index is 480. The SMILES string of the molecule is COC[C@H]1CCOC12CN(Cc1cc(C)ccc1C)C2. The van der Waals surface area contributed by atoms with Gasteiger partial charge < -0.3 is 9.47 Å². The summed E-state index contributed by atoms with van der Waals surface area (Å²) in [6, 6.07) is 6.72. The minimum atomic E-state index is 0.0771. The third-order valence-electron chi connectivity index (χ3n) is 4.85. The minimum Gasteiger partial charge on any atom is -0.384 e. The lowest BCUT2D eigenvalue weighted by Gasteiger charge is -2.50. The van der Waals surface area contributed by atoms with Crippen molar-refractivity contribution < 1.29 is 9.47 Å². The molecule has 3 heteroatoms. The fourth-order valence-electron chi connectivity index (χ4n) is 3.61. The summed E-state index contributed by atoms with van der Waals surface area (Å²) < 4.78 is 11.4. The first-order valence-electron chi connectivity index (χ1n) is 7.54. The summed E-state index contributed by atoms with van der Waals surface area (Å²) in [5, 5.41) is 0. The maximum Gasteiger partial charge on any atom is 0.0985 e. The number of hydrogen-bond acceptors (Lipinski definition) is 3. The van der Waals surface area contributed by atoms with Gasteiger partial charge in [-0.1, -0.05) is 23.8 Å². The van der Waals surface area contributed by atoms with Crippen molar-refractivity contribution in [3.8, 4) is 0 Å². The minimum absolute atomic E-state index is 0.0771. The molecule has 2 saturated heterocycles. The maximum atomic E-state index is 6.04. The van der Waals surface area contributed by atoms with Crippen LogP contribution >= 0.6 is 0 Å². The highest BCUT2D eigenvalue weighted by atomic mass is 16.5. The number of aryl methyl sites for hydroxylation is 2. The van der Waals surface area contributed by atoms with E-state index < -0.39 is 0 Å². The first-order chi connectivity index (χ1) is 9.63. The number of ether oxygens (including phenoxy) is 2. The molecule has 2 heterocycles. The molecule has 2 aliphatic heterocycles. The molecule has 0 saturated carbocycles. The third-order valence-corrected chi connectivity index (χ3v) is 4.85. The van der Waals surface area contributed by atoms with Gasteiger partial charge in [-0.2, -0.15) is 0 Å². The molecule has 2 fully saturated rings. The zero-order valence-electron chi connectivity index (χ0n) is 12.8. The number of likely N-dealkylation sites (tertiary alicyclic amines) is 1. The van der Waals surface area contributed by atoms with Crippen molar-refractivity contribution in [1.29, 1.82) is 0 Å². The summed E-state index contributed by atoms with van der Waals surface area (Å²) in [5.41, 5.74) is 4.25. The van der Waals surface area contributed by atoms with Crippen LogP contribution in [0.25, 0.3) is 0 Å². The second-order valence-electron chi connectivity index (χ2n) is 6.43. The Morgan fingerprint density at radius 1 is 1.35 bits per heavy atom. The van der Waals surface area contributed by atoms with Crippen molar-refractivity contribution in [1.82, 2.24) is 4.90 Å². The van der Waals surface area contributed by atoms with Crippen LogP contribution < -0.4 is 0 Å². The maximum absolute atomic E-state index is 6.04. The Kier molecular flexibility index (Phi) is 3.85. The number of rotatable bonds is 4. The van der Waals surface area contributed by atoms with E-state index in [-0.39, 0.29) is 5.60 Å². The Labute approximate surface area is 121 Å². The summed E-state index contributed by atoms with van der Waals surface area (Å²) in [5.74, 6) is 0.572. The molecular weight excluding hydrogens is 250 g/mol. The van der Waals surface area contributed by atoms with Crippen molar-refractivity contribution in [2.45, 2.75) is 32.4 Å². The van der Waals surface area contributed by atoms with Crippen LogP contribution in [0.2, 0.25) is 0 Å². The molecule has 1 aromatic rings. The van der Waals surface area contributed by atoms with Gasteiger partial charge in [0.05, 0.1) is 12.2 Å². The molecule has 2 aliphatic rings. The van der Waals surface area contributed by atoms with E-state index in [1.54, 1.807) is 7.11 Å². The third kappa shape index (κ3) is 2.50. The van der Waals surface area contributed by atoms with Crippen molar-refractivity contribution in [2.24, 2.45) is 5.92 Å². The summed E-state index contributed by atoms with van der Waals surface area (Å²) in [4.78, 5) is 2.50. The molecule has 0 radical (unpaired) electrons. The van der Waals surface area contributed by atoms with E-state index in [2.05, 4.69) is 36.9 Å². The Morgan fingerprint density at radius 3 is 2.90 bits per heavy atom. The first-order valence-corrected chi connectivity index (χ1v) is 7.54. The first kappa shape index (κ1) is 14.1. The van der Waals surface area contributed by atoms with Gasteiger partial charge in [-0.25, -0.2) is 0 Å². The lowest BCUT2D eigenvalue weighted by atomic mass is 9.81. The summed E-state index contributed by atoms with van der Waals surface area (Å²) in [6.45, 7) is 9.23. The average Bonchev–Trinajstić information content (AvgIpc) is 2.78. The molecule has 20 heavy (non-hydrogen) atoms. The summed E-state index contributed by atoms with van der Waals surface area (Å²) in [7, 11) is 1.79. The number of hydrogen-bond donors (Lipinski definition) is 0. The smallest absolute Gasteiger partial charge is 0.0985 e. The fraction of sp³-hybridized carbons (Fsp3) is 0.647. The van der Waals surface area contributed by atoms with Crippen LogP contribution in [0.3, 0.4) is 0 Å². The molecule has 0 bridgehead atoms. The molecule has 0 unspecified atom stereocenters. The molecular formula is C17H25NO2. The topological polar surface area (TPSA) is 21.7 Å². The molecule has 1 spiro atoms. The largest absolute Gasteiger partial charge is 0.384 e. The highest BCUT2D eigenvalue weighted by Gasteiger charge is 2.52. The van der Waals surface area contributed by atoms with Crippen molar-refractivity contribution in [2.75, 3.05) is 33.4 Å². The monoisotopic (exact) mass is 275 g/mol. The van der Waals surface area contributed by atoms with Crippen molar-refractivity contribution >= 4 is 0 Å². The van der Waals surface area contributed by atoms with Gasteiger partial charge in [0.1, 0.15) is 0 Å². The molecule has 110 valence electrons. The van der Waals surface area contributed by atoms with Gasteiger partial charge >= 0.3 is 0 Å². The molecule has 1 atom stereocenters. The van der Waals surface area contributed by atoms with E-state index in [1.165, 1.54) is 16.7 Å². The van der Waals surface area contributed by atoms with E-state index in [9.17, 15) is 0 Å². The van der Waals surface area contributed by atoms with Crippen molar-refractivity contribution in [3.63, 3.8) is 0 Å². The number of nitrogens with zero attached hydrogens (tertiary/aromatic N) is 1. The van der Waals surface area contributed by atoms with Gasteiger partial charge in [-0.3, -0.25) is 4.90 Å². The molecule has 3 rings (SSSR count). The number of methoxy groups -OCH3 is 1. The van der Waals surface area contributed by atoms with Crippen LogP contribution in [0.15, 0.2) is 18.2 Å². The van der Waals surface area contributed by atoms with E-state index in [4.69, 9.17) is 9.47 Å². The highest BCUT2D eigenvalue weighted by Crippen LogP contribution is 2.40. The molecule has 0 amide bonds. The van der Waals surface area contributed by atoms with Gasteiger partial charge in [-0.05, 0) is 31.4 Å².